The van der Waals surface area contributed by atoms with Crippen molar-refractivity contribution in [2.24, 2.45) is 0 Å². The molecule has 0 bridgehead atoms. The predicted molar refractivity (Wildman–Crippen MR) is 73.0 cm³/mol. The average Bonchev–Trinajstić information content (AvgIpc) is 2.36. The maximum Gasteiger partial charge on any atom is 0.128 e. The molecule has 0 aliphatic heterocycles. The first kappa shape index (κ1) is 12.4. The highest BCUT2D eigenvalue weighted by atomic mass is 19.1. The Balaban J connectivity index is 2.21. The zero-order chi connectivity index (χ0) is 13.1. The van der Waals surface area contributed by atoms with E-state index in [1.807, 2.05) is 37.2 Å². The number of aromatic nitrogens is 1. The summed E-state index contributed by atoms with van der Waals surface area (Å²) in [4.78, 5) is 6.22. The number of halogens is 1. The zero-order valence-electron chi connectivity index (χ0n) is 10.7. The summed E-state index contributed by atoms with van der Waals surface area (Å²) >= 11 is 0. The van der Waals surface area contributed by atoms with Crippen molar-refractivity contribution >= 4 is 17.2 Å². The van der Waals surface area contributed by atoms with Crippen molar-refractivity contribution in [2.45, 2.75) is 6.92 Å². The minimum absolute atomic E-state index is 0.210. The molecule has 0 fully saturated rings. The van der Waals surface area contributed by atoms with E-state index in [1.165, 1.54) is 6.07 Å². The van der Waals surface area contributed by atoms with Gasteiger partial charge >= 0.3 is 0 Å². The van der Waals surface area contributed by atoms with Crippen molar-refractivity contribution in [3.63, 3.8) is 0 Å². The van der Waals surface area contributed by atoms with Gasteiger partial charge in [0.2, 0.25) is 0 Å². The SMILES string of the molecule is Cc1c(F)cccc1Nc1ccc(N(C)C)nc1. The molecule has 2 rings (SSSR count). The Labute approximate surface area is 106 Å². The molecule has 3 nitrogen and oxygen atoms in total. The first-order chi connectivity index (χ1) is 8.58. The summed E-state index contributed by atoms with van der Waals surface area (Å²) < 4.78 is 13.4. The molecule has 0 saturated carbocycles. The molecular formula is C14H16FN3. The average molecular weight is 245 g/mol. The van der Waals surface area contributed by atoms with Crippen LogP contribution in [0.15, 0.2) is 36.5 Å². The Morgan fingerprint density at radius 3 is 2.56 bits per heavy atom. The van der Waals surface area contributed by atoms with Gasteiger partial charge in [0, 0.05) is 25.3 Å². The number of rotatable bonds is 3. The van der Waals surface area contributed by atoms with Crippen LogP contribution in [-0.4, -0.2) is 19.1 Å². The van der Waals surface area contributed by atoms with Gasteiger partial charge in [-0.15, -0.1) is 0 Å². The number of pyridine rings is 1. The topological polar surface area (TPSA) is 28.2 Å². The van der Waals surface area contributed by atoms with Gasteiger partial charge in [0.25, 0.3) is 0 Å². The fourth-order valence-electron chi connectivity index (χ4n) is 1.62. The third-order valence-electron chi connectivity index (χ3n) is 2.75. The molecule has 2 aromatic rings. The van der Waals surface area contributed by atoms with Gasteiger partial charge in [-0.05, 0) is 31.2 Å². The van der Waals surface area contributed by atoms with Crippen LogP contribution in [0.25, 0.3) is 0 Å². The fourth-order valence-corrected chi connectivity index (χ4v) is 1.62. The van der Waals surface area contributed by atoms with Crippen molar-refractivity contribution in [1.82, 2.24) is 4.98 Å². The monoisotopic (exact) mass is 245 g/mol. The summed E-state index contributed by atoms with van der Waals surface area (Å²) in [5.41, 5.74) is 2.21. The molecule has 1 aromatic carbocycles. The molecule has 1 heterocycles. The van der Waals surface area contributed by atoms with Gasteiger partial charge in [-0.2, -0.15) is 0 Å². The Morgan fingerprint density at radius 2 is 1.94 bits per heavy atom. The molecule has 0 aliphatic carbocycles. The molecule has 0 unspecified atom stereocenters. The molecule has 4 heteroatoms. The Kier molecular flexibility index (Phi) is 3.46. The highest BCUT2D eigenvalue weighted by molar-refractivity contribution is 5.63. The second-order valence-corrected chi connectivity index (χ2v) is 4.34. The van der Waals surface area contributed by atoms with Crippen LogP contribution in [0.5, 0.6) is 0 Å². The molecule has 1 aromatic heterocycles. The van der Waals surface area contributed by atoms with E-state index in [9.17, 15) is 4.39 Å². The first-order valence-electron chi connectivity index (χ1n) is 5.73. The van der Waals surface area contributed by atoms with Crippen LogP contribution in [0.1, 0.15) is 5.56 Å². The summed E-state index contributed by atoms with van der Waals surface area (Å²) in [6, 6.07) is 8.82. The van der Waals surface area contributed by atoms with Gasteiger partial charge in [-0.25, -0.2) is 9.37 Å². The van der Waals surface area contributed by atoms with Crippen molar-refractivity contribution in [3.8, 4) is 0 Å². The lowest BCUT2D eigenvalue weighted by atomic mass is 10.2. The van der Waals surface area contributed by atoms with E-state index >= 15 is 0 Å². The maximum atomic E-state index is 13.4. The van der Waals surface area contributed by atoms with Gasteiger partial charge in [0.15, 0.2) is 0 Å². The number of nitrogens with zero attached hydrogens (tertiary/aromatic N) is 2. The number of hydrogen-bond acceptors (Lipinski definition) is 3. The summed E-state index contributed by atoms with van der Waals surface area (Å²) in [5.74, 6) is 0.675. The Morgan fingerprint density at radius 1 is 1.17 bits per heavy atom. The van der Waals surface area contributed by atoms with E-state index in [0.29, 0.717) is 5.56 Å². The standard InChI is InChI=1S/C14H16FN3/c1-10-12(15)5-4-6-13(10)17-11-7-8-14(16-9-11)18(2)3/h4-9,17H,1-3H3. The number of benzene rings is 1. The minimum atomic E-state index is -0.210. The van der Waals surface area contributed by atoms with Gasteiger partial charge in [0.1, 0.15) is 11.6 Å². The van der Waals surface area contributed by atoms with Crippen LogP contribution in [0.3, 0.4) is 0 Å². The van der Waals surface area contributed by atoms with Crippen molar-refractivity contribution < 1.29 is 4.39 Å². The van der Waals surface area contributed by atoms with E-state index in [2.05, 4.69) is 10.3 Å². The van der Waals surface area contributed by atoms with Crippen molar-refractivity contribution in [2.75, 3.05) is 24.3 Å². The molecule has 0 aliphatic rings. The molecule has 0 amide bonds. The van der Waals surface area contributed by atoms with E-state index in [1.54, 1.807) is 19.2 Å². The van der Waals surface area contributed by atoms with Crippen LogP contribution >= 0.6 is 0 Å². The molecule has 0 spiro atoms. The summed E-state index contributed by atoms with van der Waals surface area (Å²) in [6.07, 6.45) is 1.74. The molecule has 0 atom stereocenters. The fraction of sp³-hybridized carbons (Fsp3) is 0.214. The second-order valence-electron chi connectivity index (χ2n) is 4.34. The number of nitrogens with one attached hydrogen (secondary N) is 1. The quantitative estimate of drug-likeness (QED) is 0.899. The molecule has 0 radical (unpaired) electrons. The molecule has 18 heavy (non-hydrogen) atoms. The minimum Gasteiger partial charge on any atom is -0.363 e. The molecule has 94 valence electrons. The Bertz CT molecular complexity index is 535. The van der Waals surface area contributed by atoms with Gasteiger partial charge in [0.05, 0.1) is 11.9 Å². The first-order valence-corrected chi connectivity index (χ1v) is 5.73. The van der Waals surface area contributed by atoms with Crippen LogP contribution in [0, 0.1) is 12.7 Å². The predicted octanol–water partition coefficient (Wildman–Crippen LogP) is 3.34. The Hall–Kier alpha value is -2.10. The third-order valence-corrected chi connectivity index (χ3v) is 2.75. The van der Waals surface area contributed by atoms with E-state index in [-0.39, 0.29) is 5.82 Å². The second kappa shape index (κ2) is 5.04. The lowest BCUT2D eigenvalue weighted by Crippen LogP contribution is -2.10. The van der Waals surface area contributed by atoms with Crippen LogP contribution < -0.4 is 10.2 Å². The van der Waals surface area contributed by atoms with Crippen LogP contribution in [-0.2, 0) is 0 Å². The van der Waals surface area contributed by atoms with E-state index in [0.717, 1.165) is 17.2 Å². The summed E-state index contributed by atoms with van der Waals surface area (Å²) in [7, 11) is 3.87. The molecular weight excluding hydrogens is 229 g/mol. The lowest BCUT2D eigenvalue weighted by molar-refractivity contribution is 0.619. The van der Waals surface area contributed by atoms with Gasteiger partial charge in [-0.3, -0.25) is 0 Å². The van der Waals surface area contributed by atoms with Crippen molar-refractivity contribution in [3.05, 3.63) is 47.9 Å². The highest BCUT2D eigenvalue weighted by Crippen LogP contribution is 2.22. The largest absolute Gasteiger partial charge is 0.363 e. The third kappa shape index (κ3) is 2.59. The summed E-state index contributed by atoms with van der Waals surface area (Å²) in [5, 5.41) is 3.16. The highest BCUT2D eigenvalue weighted by Gasteiger charge is 2.04. The van der Waals surface area contributed by atoms with E-state index in [4.69, 9.17) is 0 Å². The zero-order valence-corrected chi connectivity index (χ0v) is 10.7. The van der Waals surface area contributed by atoms with Crippen LogP contribution in [0.2, 0.25) is 0 Å². The number of hydrogen-bond donors (Lipinski definition) is 1. The maximum absolute atomic E-state index is 13.4. The lowest BCUT2D eigenvalue weighted by Gasteiger charge is -2.13. The summed E-state index contributed by atoms with van der Waals surface area (Å²) in [6.45, 7) is 1.75. The molecule has 1 N–H and O–H groups in total. The van der Waals surface area contributed by atoms with Crippen LogP contribution in [0.4, 0.5) is 21.6 Å². The van der Waals surface area contributed by atoms with Gasteiger partial charge in [-0.1, -0.05) is 6.07 Å². The number of anilines is 3. The molecule has 0 saturated heterocycles. The van der Waals surface area contributed by atoms with Crippen molar-refractivity contribution in [1.29, 1.82) is 0 Å². The normalized spacial score (nSPS) is 10.2. The smallest absolute Gasteiger partial charge is 0.128 e. The van der Waals surface area contributed by atoms with E-state index < -0.39 is 0 Å². The van der Waals surface area contributed by atoms with Gasteiger partial charge < -0.3 is 10.2 Å².